The van der Waals surface area contributed by atoms with Crippen LogP contribution in [0.5, 0.6) is 0 Å². The third-order valence-corrected chi connectivity index (χ3v) is 6.05. The van der Waals surface area contributed by atoms with Gasteiger partial charge in [0.25, 0.3) is 0 Å². The van der Waals surface area contributed by atoms with E-state index in [1.54, 1.807) is 33.2 Å². The maximum Gasteiger partial charge on any atom is 0.408 e. The highest BCUT2D eigenvalue weighted by Gasteiger charge is 2.25. The average Bonchev–Trinajstić information content (AvgIpc) is 3.71. The first kappa shape index (κ1) is 35.5. The molecule has 44 heavy (non-hydrogen) atoms. The molecule has 0 spiro atoms. The molecule has 2 atom stereocenters. The molecule has 0 saturated heterocycles. The van der Waals surface area contributed by atoms with Gasteiger partial charge in [-0.2, -0.15) is 10.2 Å². The number of hydrogen-bond donors (Lipinski definition) is 4. The molecular weight excluding hydrogens is 588 g/mol. The van der Waals surface area contributed by atoms with Gasteiger partial charge in [-0.25, -0.2) is 9.59 Å². The van der Waals surface area contributed by atoms with Crippen molar-refractivity contribution < 1.29 is 28.6 Å². The summed E-state index contributed by atoms with van der Waals surface area (Å²) in [6.07, 6.45) is 3.45. The molecule has 0 bridgehead atoms. The number of aromatic nitrogens is 4. The minimum absolute atomic E-state index is 0. The van der Waals surface area contributed by atoms with Crippen molar-refractivity contribution in [1.82, 2.24) is 25.7 Å². The number of nitrogens with two attached hydrogens (primary N) is 1. The molecule has 2 aromatic heterocycles. The number of ether oxygens (including phenoxy) is 3. The third kappa shape index (κ3) is 11.2. The van der Waals surface area contributed by atoms with E-state index in [2.05, 4.69) is 30.4 Å². The van der Waals surface area contributed by atoms with Crippen LogP contribution in [-0.4, -0.2) is 70.3 Å². The molecule has 2 aromatic carbocycles. The quantitative estimate of drug-likeness (QED) is 0.156. The summed E-state index contributed by atoms with van der Waals surface area (Å²) < 4.78 is 14.6. The fourth-order valence-corrected chi connectivity index (χ4v) is 4.07. The van der Waals surface area contributed by atoms with Gasteiger partial charge in [-0.1, -0.05) is 36.4 Å². The van der Waals surface area contributed by atoms with Crippen molar-refractivity contribution >= 4 is 30.4 Å². The lowest BCUT2D eigenvalue weighted by Crippen LogP contribution is -2.45. The number of carbonyl (C=O) groups excluding carboxylic acids is 3. The van der Waals surface area contributed by atoms with Crippen LogP contribution in [0.2, 0.25) is 0 Å². The first-order valence-electron chi connectivity index (χ1n) is 13.6. The van der Waals surface area contributed by atoms with Crippen molar-refractivity contribution in [2.75, 3.05) is 14.2 Å². The van der Waals surface area contributed by atoms with E-state index < -0.39 is 35.7 Å². The lowest BCUT2D eigenvalue weighted by Gasteiger charge is -2.22. The molecule has 4 aromatic rings. The first-order chi connectivity index (χ1) is 20.5. The molecule has 1 amide bonds. The Morgan fingerprint density at radius 1 is 0.818 bits per heavy atom. The van der Waals surface area contributed by atoms with Gasteiger partial charge in [0.15, 0.2) is 0 Å². The van der Waals surface area contributed by atoms with E-state index in [9.17, 15) is 14.4 Å². The predicted molar refractivity (Wildman–Crippen MR) is 168 cm³/mol. The number of benzene rings is 2. The van der Waals surface area contributed by atoms with Crippen LogP contribution in [0.4, 0.5) is 4.79 Å². The minimum atomic E-state index is -0.836. The minimum Gasteiger partial charge on any atom is -0.468 e. The smallest absolute Gasteiger partial charge is 0.408 e. The molecular formula is C31H39ClN6O6. The molecule has 4 rings (SSSR count). The number of aromatic amines is 2. The predicted octanol–water partition coefficient (Wildman–Crippen LogP) is 4.23. The Balaban J connectivity index is 0.000000315. The number of alkyl carbamates (subject to hydrolysis) is 1. The summed E-state index contributed by atoms with van der Waals surface area (Å²) in [6, 6.07) is 17.7. The molecule has 0 aliphatic heterocycles. The van der Waals surface area contributed by atoms with Gasteiger partial charge < -0.3 is 25.3 Å². The number of nitrogens with one attached hydrogen (secondary N) is 3. The van der Waals surface area contributed by atoms with E-state index in [1.165, 1.54) is 14.2 Å². The third-order valence-electron chi connectivity index (χ3n) is 6.05. The van der Waals surface area contributed by atoms with Crippen LogP contribution in [0.3, 0.4) is 0 Å². The number of rotatable bonds is 9. The van der Waals surface area contributed by atoms with Gasteiger partial charge >= 0.3 is 18.0 Å². The van der Waals surface area contributed by atoms with Crippen LogP contribution in [0.15, 0.2) is 73.1 Å². The topological polar surface area (TPSA) is 174 Å². The van der Waals surface area contributed by atoms with Gasteiger partial charge in [-0.3, -0.25) is 15.0 Å². The van der Waals surface area contributed by atoms with Crippen molar-refractivity contribution in [3.05, 3.63) is 84.2 Å². The number of halogens is 1. The standard InChI is InChI=1S/C18H23N3O4.C13H15N3O2.ClH/c1-18(2,3)25-17(23)20-15(16(22)24-4)11-12-6-5-7-13(10-12)14-8-9-19-21-14;1-18-13(17)11(14)8-9-3-2-4-10(7-9)12-5-6-15-16-12;/h5-10,15H,11H2,1-4H3,(H,19,21)(H,20,23);2-7,11H,8,14H2,1H3,(H,15,16);1H. The Morgan fingerprint density at radius 3 is 1.75 bits per heavy atom. The molecule has 2 unspecified atom stereocenters. The van der Waals surface area contributed by atoms with Gasteiger partial charge in [-0.05, 0) is 73.7 Å². The second-order valence-electron chi connectivity index (χ2n) is 10.6. The summed E-state index contributed by atoms with van der Waals surface area (Å²) >= 11 is 0. The van der Waals surface area contributed by atoms with E-state index in [1.807, 2.05) is 60.7 Å². The molecule has 0 radical (unpaired) electrons. The van der Waals surface area contributed by atoms with Gasteiger partial charge in [0.1, 0.15) is 17.7 Å². The van der Waals surface area contributed by atoms with Crippen LogP contribution in [0.25, 0.3) is 22.5 Å². The van der Waals surface area contributed by atoms with E-state index in [0.29, 0.717) is 6.42 Å². The number of H-pyrrole nitrogens is 2. The maximum atomic E-state index is 12.0. The van der Waals surface area contributed by atoms with E-state index in [-0.39, 0.29) is 18.8 Å². The van der Waals surface area contributed by atoms with Crippen molar-refractivity contribution in [1.29, 1.82) is 0 Å². The average molecular weight is 627 g/mol. The maximum absolute atomic E-state index is 12.0. The number of esters is 2. The summed E-state index contributed by atoms with van der Waals surface area (Å²) in [5, 5.41) is 16.2. The lowest BCUT2D eigenvalue weighted by atomic mass is 10.0. The fraction of sp³-hybridized carbons (Fsp3) is 0.323. The Morgan fingerprint density at radius 2 is 1.32 bits per heavy atom. The summed E-state index contributed by atoms with van der Waals surface area (Å²) in [6.45, 7) is 5.27. The number of amides is 1. The Bertz CT molecular complexity index is 1470. The molecule has 0 aliphatic rings. The molecule has 12 nitrogen and oxygen atoms in total. The molecule has 0 fully saturated rings. The highest BCUT2D eigenvalue weighted by atomic mass is 35.5. The molecule has 13 heteroatoms. The molecule has 5 N–H and O–H groups in total. The Kier molecular flexibility index (Phi) is 13.6. The van der Waals surface area contributed by atoms with Gasteiger partial charge in [0.2, 0.25) is 0 Å². The van der Waals surface area contributed by atoms with Gasteiger partial charge in [0, 0.05) is 18.8 Å². The molecule has 2 heterocycles. The fourth-order valence-electron chi connectivity index (χ4n) is 4.07. The number of methoxy groups -OCH3 is 2. The monoisotopic (exact) mass is 626 g/mol. The first-order valence-corrected chi connectivity index (χ1v) is 13.6. The zero-order valence-electron chi connectivity index (χ0n) is 25.3. The second-order valence-corrected chi connectivity index (χ2v) is 10.6. The molecule has 0 aliphatic carbocycles. The Hall–Kier alpha value is -4.68. The summed E-state index contributed by atoms with van der Waals surface area (Å²) in [4.78, 5) is 35.3. The van der Waals surface area contributed by atoms with Crippen molar-refractivity contribution in [3.63, 3.8) is 0 Å². The van der Waals surface area contributed by atoms with E-state index >= 15 is 0 Å². The van der Waals surface area contributed by atoms with Crippen LogP contribution in [0.1, 0.15) is 31.9 Å². The Labute approximate surface area is 262 Å². The number of carbonyl (C=O) groups is 3. The lowest BCUT2D eigenvalue weighted by molar-refractivity contribution is -0.143. The van der Waals surface area contributed by atoms with E-state index in [0.717, 1.165) is 33.6 Å². The summed E-state index contributed by atoms with van der Waals surface area (Å²) in [5.41, 5.74) is 10.7. The zero-order chi connectivity index (χ0) is 31.4. The second kappa shape index (κ2) is 16.8. The van der Waals surface area contributed by atoms with Crippen molar-refractivity contribution in [2.24, 2.45) is 5.73 Å². The van der Waals surface area contributed by atoms with Crippen molar-refractivity contribution in [3.8, 4) is 22.5 Å². The number of nitrogens with zero attached hydrogens (tertiary/aromatic N) is 2. The van der Waals surface area contributed by atoms with Gasteiger partial charge in [0.05, 0.1) is 25.6 Å². The zero-order valence-corrected chi connectivity index (χ0v) is 26.1. The normalized spacial score (nSPS) is 12.0. The summed E-state index contributed by atoms with van der Waals surface area (Å²) in [5.74, 6) is -0.931. The van der Waals surface area contributed by atoms with E-state index in [4.69, 9.17) is 15.2 Å². The molecule has 0 saturated carbocycles. The van der Waals surface area contributed by atoms with Gasteiger partial charge in [-0.15, -0.1) is 12.4 Å². The van der Waals surface area contributed by atoms with Crippen molar-refractivity contribution in [2.45, 2.75) is 51.3 Å². The van der Waals surface area contributed by atoms with Crippen LogP contribution in [-0.2, 0) is 36.6 Å². The van der Waals surface area contributed by atoms with Crippen LogP contribution in [0, 0.1) is 0 Å². The largest absolute Gasteiger partial charge is 0.468 e. The number of hydrogen-bond acceptors (Lipinski definition) is 9. The van der Waals surface area contributed by atoms with Crippen LogP contribution >= 0.6 is 12.4 Å². The molecule has 236 valence electrons. The summed E-state index contributed by atoms with van der Waals surface area (Å²) in [7, 11) is 2.62. The highest BCUT2D eigenvalue weighted by Crippen LogP contribution is 2.20. The SMILES string of the molecule is COC(=O)C(Cc1cccc(-c2ccn[nH]2)c1)NC(=O)OC(C)(C)C.COC(=O)C(N)Cc1cccc(-c2ccn[nH]2)c1.Cl. The van der Waals surface area contributed by atoms with Crippen LogP contribution < -0.4 is 11.1 Å². The highest BCUT2D eigenvalue weighted by molar-refractivity contribution is 5.85.